The molecular weight excluding hydrogens is 301 g/mol. The first-order valence-electron chi connectivity index (χ1n) is 5.71. The van der Waals surface area contributed by atoms with Gasteiger partial charge in [0.25, 0.3) is 5.91 Å². The maximum absolute atomic E-state index is 13.0. The van der Waals surface area contributed by atoms with E-state index in [1.807, 2.05) is 6.92 Å². The highest BCUT2D eigenvalue weighted by atomic mass is 79.9. The van der Waals surface area contributed by atoms with Crippen LogP contribution in [0.4, 0.5) is 4.39 Å². The van der Waals surface area contributed by atoms with E-state index in [2.05, 4.69) is 15.9 Å². The van der Waals surface area contributed by atoms with Crippen LogP contribution in [0.15, 0.2) is 22.7 Å². The van der Waals surface area contributed by atoms with E-state index in [4.69, 9.17) is 0 Å². The van der Waals surface area contributed by atoms with Gasteiger partial charge in [0.15, 0.2) is 0 Å². The van der Waals surface area contributed by atoms with Gasteiger partial charge in [-0.05, 0) is 54.9 Å². The van der Waals surface area contributed by atoms with Gasteiger partial charge < -0.3 is 10.0 Å². The van der Waals surface area contributed by atoms with Crippen LogP contribution >= 0.6 is 15.9 Å². The Bertz CT molecular complexity index is 443. The molecule has 0 saturated carbocycles. The molecule has 0 radical (unpaired) electrons. The van der Waals surface area contributed by atoms with Gasteiger partial charge in [0, 0.05) is 17.6 Å². The number of aliphatic hydroxyl groups is 1. The van der Waals surface area contributed by atoms with Crippen molar-refractivity contribution >= 4 is 21.8 Å². The van der Waals surface area contributed by atoms with E-state index >= 15 is 0 Å². The van der Waals surface area contributed by atoms with E-state index in [0.717, 1.165) is 0 Å². The Balaban J connectivity index is 2.97. The lowest BCUT2D eigenvalue weighted by atomic mass is 10.1. The number of nitrogens with zero attached hydrogens (tertiary/aromatic N) is 1. The molecule has 0 aliphatic rings. The summed E-state index contributed by atoms with van der Waals surface area (Å²) in [5.74, 6) is -0.629. The molecule has 0 atom stereocenters. The van der Waals surface area contributed by atoms with Crippen molar-refractivity contribution in [2.45, 2.75) is 26.4 Å². The lowest BCUT2D eigenvalue weighted by molar-refractivity contribution is 0.0314. The summed E-state index contributed by atoms with van der Waals surface area (Å²) in [5, 5.41) is 9.76. The maximum atomic E-state index is 13.0. The molecule has 0 heterocycles. The van der Waals surface area contributed by atoms with Crippen molar-refractivity contribution in [1.82, 2.24) is 4.90 Å². The zero-order valence-corrected chi connectivity index (χ0v) is 12.3. The number of carbonyl (C=O) groups is 1. The smallest absolute Gasteiger partial charge is 0.255 e. The van der Waals surface area contributed by atoms with Crippen molar-refractivity contribution in [1.29, 1.82) is 0 Å². The SMILES string of the molecule is CCN(CC(C)(C)O)C(=O)c1ccc(F)cc1Br. The van der Waals surface area contributed by atoms with Gasteiger partial charge in [-0.15, -0.1) is 0 Å². The molecule has 3 nitrogen and oxygen atoms in total. The first kappa shape index (κ1) is 15.1. The van der Waals surface area contributed by atoms with Crippen molar-refractivity contribution in [3.8, 4) is 0 Å². The predicted molar refractivity (Wildman–Crippen MR) is 72.0 cm³/mol. The fourth-order valence-corrected chi connectivity index (χ4v) is 2.15. The summed E-state index contributed by atoms with van der Waals surface area (Å²) < 4.78 is 13.4. The normalized spacial score (nSPS) is 11.4. The minimum atomic E-state index is -0.960. The van der Waals surface area contributed by atoms with Crippen molar-refractivity contribution in [3.63, 3.8) is 0 Å². The summed E-state index contributed by atoms with van der Waals surface area (Å²) in [4.78, 5) is 13.8. The molecule has 0 aliphatic heterocycles. The van der Waals surface area contributed by atoms with Crippen LogP contribution < -0.4 is 0 Å². The summed E-state index contributed by atoms with van der Waals surface area (Å²) in [6, 6.07) is 3.94. The zero-order valence-electron chi connectivity index (χ0n) is 10.7. The van der Waals surface area contributed by atoms with Crippen LogP contribution in [-0.2, 0) is 0 Å². The largest absolute Gasteiger partial charge is 0.389 e. The minimum Gasteiger partial charge on any atom is -0.389 e. The maximum Gasteiger partial charge on any atom is 0.255 e. The Labute approximate surface area is 115 Å². The molecule has 1 N–H and O–H groups in total. The van der Waals surface area contributed by atoms with Gasteiger partial charge in [-0.2, -0.15) is 0 Å². The first-order chi connectivity index (χ1) is 8.24. The molecule has 0 aliphatic carbocycles. The van der Waals surface area contributed by atoms with Crippen molar-refractivity contribution < 1.29 is 14.3 Å². The molecule has 0 spiro atoms. The van der Waals surface area contributed by atoms with E-state index < -0.39 is 11.4 Å². The quantitative estimate of drug-likeness (QED) is 0.927. The van der Waals surface area contributed by atoms with Crippen molar-refractivity contribution in [2.24, 2.45) is 0 Å². The Hall–Kier alpha value is -0.940. The van der Waals surface area contributed by atoms with Crippen LogP contribution in [0.5, 0.6) is 0 Å². The van der Waals surface area contributed by atoms with Gasteiger partial charge in [0.1, 0.15) is 5.82 Å². The zero-order chi connectivity index (χ0) is 13.9. The Morgan fingerprint density at radius 3 is 2.56 bits per heavy atom. The van der Waals surface area contributed by atoms with Crippen LogP contribution in [0.1, 0.15) is 31.1 Å². The predicted octanol–water partition coefficient (Wildman–Crippen LogP) is 2.82. The van der Waals surface area contributed by atoms with Gasteiger partial charge in [0.05, 0.1) is 11.2 Å². The summed E-state index contributed by atoms with van der Waals surface area (Å²) >= 11 is 3.17. The molecule has 18 heavy (non-hydrogen) atoms. The van der Waals surface area contributed by atoms with Crippen LogP contribution in [0.2, 0.25) is 0 Å². The second-order valence-corrected chi connectivity index (χ2v) is 5.61. The highest BCUT2D eigenvalue weighted by molar-refractivity contribution is 9.10. The van der Waals surface area contributed by atoms with E-state index in [9.17, 15) is 14.3 Å². The molecule has 5 heteroatoms. The third-order valence-electron chi connectivity index (χ3n) is 2.41. The fourth-order valence-electron chi connectivity index (χ4n) is 1.63. The molecule has 100 valence electrons. The third-order valence-corrected chi connectivity index (χ3v) is 3.06. The molecule has 0 unspecified atom stereocenters. The number of amides is 1. The molecule has 0 saturated heterocycles. The van der Waals surface area contributed by atoms with Crippen LogP contribution in [0.3, 0.4) is 0 Å². The summed E-state index contributed by atoms with van der Waals surface area (Å²) in [7, 11) is 0. The molecular formula is C13H17BrFNO2. The van der Waals surface area contributed by atoms with Crippen molar-refractivity contribution in [2.75, 3.05) is 13.1 Å². The number of halogens is 2. The van der Waals surface area contributed by atoms with E-state index in [0.29, 0.717) is 16.6 Å². The van der Waals surface area contributed by atoms with Crippen LogP contribution in [0.25, 0.3) is 0 Å². The van der Waals surface area contributed by atoms with Crippen molar-refractivity contribution in [3.05, 3.63) is 34.1 Å². The average Bonchev–Trinajstić information content (AvgIpc) is 2.24. The number of carbonyl (C=O) groups excluding carboxylic acids is 1. The molecule has 1 amide bonds. The second-order valence-electron chi connectivity index (χ2n) is 4.76. The van der Waals surface area contributed by atoms with E-state index in [1.165, 1.54) is 23.1 Å². The Morgan fingerprint density at radius 1 is 1.50 bits per heavy atom. The summed E-state index contributed by atoms with van der Waals surface area (Å²) in [5.41, 5.74) is -0.569. The highest BCUT2D eigenvalue weighted by Gasteiger charge is 2.23. The standard InChI is InChI=1S/C13H17BrFNO2/c1-4-16(8-13(2,3)18)12(17)10-6-5-9(15)7-11(10)14/h5-7,18H,4,8H2,1-3H3. The molecule has 1 aromatic carbocycles. The molecule has 1 rings (SSSR count). The molecule has 0 aromatic heterocycles. The topological polar surface area (TPSA) is 40.5 Å². The van der Waals surface area contributed by atoms with Gasteiger partial charge >= 0.3 is 0 Å². The summed E-state index contributed by atoms with van der Waals surface area (Å²) in [6.45, 7) is 5.82. The Morgan fingerprint density at radius 2 is 2.11 bits per heavy atom. The van der Waals surface area contributed by atoms with Crippen LogP contribution in [0, 0.1) is 5.82 Å². The van der Waals surface area contributed by atoms with Gasteiger partial charge in [0.2, 0.25) is 0 Å². The van der Waals surface area contributed by atoms with Gasteiger partial charge in [-0.3, -0.25) is 4.79 Å². The number of hydrogen-bond acceptors (Lipinski definition) is 2. The number of benzene rings is 1. The van der Waals surface area contributed by atoms with Gasteiger partial charge in [-0.25, -0.2) is 4.39 Å². The lowest BCUT2D eigenvalue weighted by Crippen LogP contribution is -2.42. The molecule has 1 aromatic rings. The average molecular weight is 318 g/mol. The third kappa shape index (κ3) is 4.07. The first-order valence-corrected chi connectivity index (χ1v) is 6.50. The highest BCUT2D eigenvalue weighted by Crippen LogP contribution is 2.20. The monoisotopic (exact) mass is 317 g/mol. The molecule has 0 fully saturated rings. The second kappa shape index (κ2) is 5.80. The number of likely N-dealkylation sites (N-methyl/N-ethyl adjacent to an activating group) is 1. The number of hydrogen-bond donors (Lipinski definition) is 1. The van der Waals surface area contributed by atoms with E-state index in [-0.39, 0.29) is 12.5 Å². The molecule has 0 bridgehead atoms. The van der Waals surface area contributed by atoms with E-state index in [1.54, 1.807) is 13.8 Å². The van der Waals surface area contributed by atoms with Gasteiger partial charge in [-0.1, -0.05) is 0 Å². The van der Waals surface area contributed by atoms with Crippen LogP contribution in [-0.4, -0.2) is 34.6 Å². The lowest BCUT2D eigenvalue weighted by Gasteiger charge is -2.28. The fraction of sp³-hybridized carbons (Fsp3) is 0.462. The Kier molecular flexibility index (Phi) is 4.87. The minimum absolute atomic E-state index is 0.228. The summed E-state index contributed by atoms with van der Waals surface area (Å²) in [6.07, 6.45) is 0. The number of rotatable bonds is 4.